The molecule has 1 aromatic carbocycles. The van der Waals surface area contributed by atoms with E-state index >= 15 is 0 Å². The number of hydrogen-bond acceptors (Lipinski definition) is 2. The van der Waals surface area contributed by atoms with E-state index in [4.69, 9.17) is 0 Å². The molecule has 1 saturated heterocycles. The lowest BCUT2D eigenvalue weighted by molar-refractivity contribution is 0.0883. The van der Waals surface area contributed by atoms with Gasteiger partial charge in [0.15, 0.2) is 0 Å². The van der Waals surface area contributed by atoms with Gasteiger partial charge in [0.05, 0.1) is 11.8 Å². The average Bonchev–Trinajstić information content (AvgIpc) is 2.82. The Morgan fingerprint density at radius 1 is 1.40 bits per heavy atom. The maximum absolute atomic E-state index is 12.3. The van der Waals surface area contributed by atoms with Gasteiger partial charge in [-0.25, -0.2) is 4.79 Å². The molecule has 2 N–H and O–H groups in total. The number of amides is 2. The van der Waals surface area contributed by atoms with Gasteiger partial charge >= 0.3 is 6.03 Å². The predicted molar refractivity (Wildman–Crippen MR) is 78.8 cm³/mol. The second-order valence-corrected chi connectivity index (χ2v) is 5.34. The quantitative estimate of drug-likeness (QED) is 0.836. The van der Waals surface area contributed by atoms with Gasteiger partial charge in [-0.15, -0.1) is 0 Å². The number of piperidine rings is 1. The average molecular weight is 273 g/mol. The number of aromatic nitrogens is 1. The molecular weight excluding hydrogens is 254 g/mol. The fraction of sp³-hybridized carbons (Fsp3) is 0.400. The van der Waals surface area contributed by atoms with E-state index in [1.54, 1.807) is 4.90 Å². The normalized spacial score (nSPS) is 19.3. The van der Waals surface area contributed by atoms with E-state index in [0.717, 1.165) is 29.4 Å². The summed E-state index contributed by atoms with van der Waals surface area (Å²) in [6, 6.07) is 7.72. The molecule has 1 unspecified atom stereocenters. The Labute approximate surface area is 117 Å². The number of aliphatic hydroxyl groups excluding tert-OH is 1. The van der Waals surface area contributed by atoms with Gasteiger partial charge in [0, 0.05) is 37.2 Å². The number of aryl methyl sites for hydroxylation is 1. The number of rotatable bonds is 1. The molecule has 5 heteroatoms. The Balaban J connectivity index is 1.80. The van der Waals surface area contributed by atoms with Crippen LogP contribution >= 0.6 is 0 Å². The van der Waals surface area contributed by atoms with Crippen molar-refractivity contribution in [1.82, 2.24) is 9.47 Å². The van der Waals surface area contributed by atoms with Crippen LogP contribution in [-0.2, 0) is 7.05 Å². The number of β-amino-alcohol motifs (C(OH)–C–C–N with tert-alkyl or cyclic N) is 1. The van der Waals surface area contributed by atoms with Gasteiger partial charge in [0.25, 0.3) is 0 Å². The molecule has 1 fully saturated rings. The van der Waals surface area contributed by atoms with Gasteiger partial charge in [-0.05, 0) is 31.0 Å². The van der Waals surface area contributed by atoms with Crippen LogP contribution in [-0.4, -0.2) is 39.8 Å². The van der Waals surface area contributed by atoms with E-state index in [9.17, 15) is 9.90 Å². The molecule has 2 heterocycles. The van der Waals surface area contributed by atoms with Crippen molar-refractivity contribution < 1.29 is 9.90 Å². The van der Waals surface area contributed by atoms with Crippen LogP contribution in [0.1, 0.15) is 12.8 Å². The molecule has 2 aromatic rings. The van der Waals surface area contributed by atoms with Crippen molar-refractivity contribution in [3.05, 3.63) is 30.5 Å². The summed E-state index contributed by atoms with van der Waals surface area (Å²) in [4.78, 5) is 13.9. The lowest BCUT2D eigenvalue weighted by Crippen LogP contribution is -2.44. The highest BCUT2D eigenvalue weighted by Gasteiger charge is 2.22. The fourth-order valence-corrected chi connectivity index (χ4v) is 2.74. The number of nitrogens with zero attached hydrogens (tertiary/aromatic N) is 2. The van der Waals surface area contributed by atoms with E-state index in [0.29, 0.717) is 13.1 Å². The predicted octanol–water partition coefficient (Wildman–Crippen LogP) is 2.17. The molecule has 0 saturated carbocycles. The van der Waals surface area contributed by atoms with Crippen LogP contribution in [0.2, 0.25) is 0 Å². The zero-order valence-electron chi connectivity index (χ0n) is 11.5. The third-order valence-corrected chi connectivity index (χ3v) is 3.85. The second kappa shape index (κ2) is 5.17. The Bertz CT molecular complexity index is 635. The summed E-state index contributed by atoms with van der Waals surface area (Å²) in [6.07, 6.45) is 3.20. The zero-order valence-corrected chi connectivity index (χ0v) is 11.5. The zero-order chi connectivity index (χ0) is 14.1. The Morgan fingerprint density at radius 2 is 2.25 bits per heavy atom. The number of fused-ring (bicyclic) bond motifs is 1. The standard InChI is InChI=1S/C15H19N3O2/c1-17-9-7-12-13(5-2-6-14(12)17)16-15(20)18-8-3-4-11(19)10-18/h2,5-7,9,11,19H,3-4,8,10H2,1H3,(H,16,20). The minimum Gasteiger partial charge on any atom is -0.391 e. The summed E-state index contributed by atoms with van der Waals surface area (Å²) in [5, 5.41) is 13.6. The summed E-state index contributed by atoms with van der Waals surface area (Å²) in [5.74, 6) is 0. The van der Waals surface area contributed by atoms with Crippen LogP contribution < -0.4 is 5.32 Å². The number of likely N-dealkylation sites (tertiary alicyclic amines) is 1. The van der Waals surface area contributed by atoms with Crippen molar-refractivity contribution in [2.45, 2.75) is 18.9 Å². The number of nitrogens with one attached hydrogen (secondary N) is 1. The first-order valence-electron chi connectivity index (χ1n) is 6.93. The largest absolute Gasteiger partial charge is 0.391 e. The highest BCUT2D eigenvalue weighted by molar-refractivity contribution is 6.00. The van der Waals surface area contributed by atoms with Gasteiger partial charge in [0.2, 0.25) is 0 Å². The molecular formula is C15H19N3O2. The molecule has 20 heavy (non-hydrogen) atoms. The van der Waals surface area contributed by atoms with Crippen LogP contribution in [0.4, 0.5) is 10.5 Å². The number of carbonyl (C=O) groups excluding carboxylic acids is 1. The molecule has 2 amide bonds. The van der Waals surface area contributed by atoms with Crippen molar-refractivity contribution >= 4 is 22.6 Å². The van der Waals surface area contributed by atoms with Gasteiger partial charge in [-0.2, -0.15) is 0 Å². The third kappa shape index (κ3) is 2.36. The van der Waals surface area contributed by atoms with E-state index in [2.05, 4.69) is 5.32 Å². The molecule has 1 aromatic heterocycles. The number of benzene rings is 1. The molecule has 1 atom stereocenters. The summed E-state index contributed by atoms with van der Waals surface area (Å²) >= 11 is 0. The summed E-state index contributed by atoms with van der Waals surface area (Å²) in [5.41, 5.74) is 1.90. The van der Waals surface area contributed by atoms with Crippen molar-refractivity contribution in [1.29, 1.82) is 0 Å². The smallest absolute Gasteiger partial charge is 0.321 e. The molecule has 3 rings (SSSR count). The van der Waals surface area contributed by atoms with Crippen LogP contribution in [0.15, 0.2) is 30.5 Å². The third-order valence-electron chi connectivity index (χ3n) is 3.85. The van der Waals surface area contributed by atoms with E-state index in [1.807, 2.05) is 42.1 Å². The minimum absolute atomic E-state index is 0.139. The first-order chi connectivity index (χ1) is 9.65. The molecule has 0 aliphatic carbocycles. The first-order valence-corrected chi connectivity index (χ1v) is 6.93. The van der Waals surface area contributed by atoms with Gasteiger partial charge in [-0.1, -0.05) is 6.07 Å². The van der Waals surface area contributed by atoms with Crippen molar-refractivity contribution in [3.63, 3.8) is 0 Å². The lowest BCUT2D eigenvalue weighted by atomic mass is 10.1. The highest BCUT2D eigenvalue weighted by Crippen LogP contribution is 2.24. The maximum Gasteiger partial charge on any atom is 0.321 e. The Hall–Kier alpha value is -2.01. The van der Waals surface area contributed by atoms with Crippen molar-refractivity contribution in [3.8, 4) is 0 Å². The molecule has 0 radical (unpaired) electrons. The SMILES string of the molecule is Cn1ccc2c(NC(=O)N3CCCC(O)C3)cccc21. The monoisotopic (exact) mass is 273 g/mol. The van der Waals surface area contributed by atoms with Crippen molar-refractivity contribution in [2.75, 3.05) is 18.4 Å². The molecule has 106 valence electrons. The molecule has 1 aliphatic rings. The second-order valence-electron chi connectivity index (χ2n) is 5.34. The van der Waals surface area contributed by atoms with Crippen LogP contribution in [0.5, 0.6) is 0 Å². The molecule has 5 nitrogen and oxygen atoms in total. The maximum atomic E-state index is 12.3. The van der Waals surface area contributed by atoms with Crippen LogP contribution in [0, 0.1) is 0 Å². The van der Waals surface area contributed by atoms with Crippen LogP contribution in [0.25, 0.3) is 10.9 Å². The van der Waals surface area contributed by atoms with Crippen LogP contribution in [0.3, 0.4) is 0 Å². The summed E-state index contributed by atoms with van der Waals surface area (Å²) in [7, 11) is 1.98. The topological polar surface area (TPSA) is 57.5 Å². The number of hydrogen-bond donors (Lipinski definition) is 2. The minimum atomic E-state index is -0.401. The van der Waals surface area contributed by atoms with Gasteiger partial charge < -0.3 is 19.9 Å². The molecule has 0 spiro atoms. The Morgan fingerprint density at radius 3 is 3.05 bits per heavy atom. The van der Waals surface area contributed by atoms with Crippen molar-refractivity contribution in [2.24, 2.45) is 7.05 Å². The summed E-state index contributed by atoms with van der Waals surface area (Å²) in [6.45, 7) is 1.12. The first kappa shape index (κ1) is 13.0. The number of aliphatic hydroxyl groups is 1. The molecule has 1 aliphatic heterocycles. The van der Waals surface area contributed by atoms with E-state index < -0.39 is 6.10 Å². The van der Waals surface area contributed by atoms with Gasteiger partial charge in [0.1, 0.15) is 0 Å². The number of anilines is 1. The Kier molecular flexibility index (Phi) is 3.36. The van der Waals surface area contributed by atoms with Gasteiger partial charge in [-0.3, -0.25) is 0 Å². The van der Waals surface area contributed by atoms with E-state index in [-0.39, 0.29) is 6.03 Å². The molecule has 0 bridgehead atoms. The lowest BCUT2D eigenvalue weighted by Gasteiger charge is -2.30. The number of urea groups is 1. The highest BCUT2D eigenvalue weighted by atomic mass is 16.3. The summed E-state index contributed by atoms with van der Waals surface area (Å²) < 4.78 is 2.02. The van der Waals surface area contributed by atoms with E-state index in [1.165, 1.54) is 0 Å². The number of carbonyl (C=O) groups is 1. The fourth-order valence-electron chi connectivity index (χ4n) is 2.74.